The molecule has 0 radical (unpaired) electrons. The number of rotatable bonds is 5. The minimum absolute atomic E-state index is 0. The Morgan fingerprint density at radius 3 is 2.46 bits per heavy atom. The van der Waals surface area contributed by atoms with Gasteiger partial charge >= 0.3 is 0 Å². The van der Waals surface area contributed by atoms with Crippen LogP contribution in [0, 0.1) is 5.82 Å². The van der Waals surface area contributed by atoms with Gasteiger partial charge in [-0.1, -0.05) is 12.1 Å². The molecule has 1 aromatic rings. The zero-order valence-electron chi connectivity index (χ0n) is 14.8. The van der Waals surface area contributed by atoms with Gasteiger partial charge in [-0.15, -0.1) is 24.0 Å². The van der Waals surface area contributed by atoms with E-state index >= 15 is 0 Å². The fourth-order valence-electron chi connectivity index (χ4n) is 1.97. The van der Waals surface area contributed by atoms with E-state index in [2.05, 4.69) is 10.3 Å². The molecule has 0 amide bonds. The van der Waals surface area contributed by atoms with Gasteiger partial charge in [0.15, 0.2) is 15.8 Å². The van der Waals surface area contributed by atoms with Crippen molar-refractivity contribution in [1.29, 1.82) is 0 Å². The molecule has 0 saturated carbocycles. The molecule has 0 aliphatic carbocycles. The van der Waals surface area contributed by atoms with Crippen LogP contribution in [-0.4, -0.2) is 50.4 Å². The smallest absolute Gasteiger partial charge is 0.193 e. The fraction of sp³-hybridized carbons (Fsp3) is 0.562. The zero-order valence-corrected chi connectivity index (χ0v) is 18.0. The second-order valence-electron chi connectivity index (χ2n) is 6.39. The standard InChI is InChI=1S/C16H26FN3O2S.HI/c1-16(2,3)23(21,22)10-9-19-15(18-4)20(5)12-13-7-6-8-14(17)11-13;/h6-8,11H,9-10,12H2,1-5H3,(H,18,19);1H. The molecule has 0 bridgehead atoms. The summed E-state index contributed by atoms with van der Waals surface area (Å²) in [6, 6.07) is 6.35. The molecule has 0 aliphatic heterocycles. The second kappa shape index (κ2) is 9.55. The first-order valence-corrected chi connectivity index (χ1v) is 9.10. The first-order chi connectivity index (χ1) is 10.6. The van der Waals surface area contributed by atoms with Crippen LogP contribution in [-0.2, 0) is 16.4 Å². The lowest BCUT2D eigenvalue weighted by Gasteiger charge is -2.23. The van der Waals surface area contributed by atoms with E-state index in [0.29, 0.717) is 12.5 Å². The van der Waals surface area contributed by atoms with Gasteiger partial charge in [0, 0.05) is 27.2 Å². The topological polar surface area (TPSA) is 61.8 Å². The van der Waals surface area contributed by atoms with E-state index in [1.165, 1.54) is 12.1 Å². The van der Waals surface area contributed by atoms with Crippen molar-refractivity contribution in [2.45, 2.75) is 32.1 Å². The van der Waals surface area contributed by atoms with Gasteiger partial charge in [-0.05, 0) is 38.5 Å². The van der Waals surface area contributed by atoms with E-state index in [1.54, 1.807) is 33.9 Å². The van der Waals surface area contributed by atoms with Crippen LogP contribution in [0.25, 0.3) is 0 Å². The number of halogens is 2. The van der Waals surface area contributed by atoms with Crippen molar-refractivity contribution in [3.63, 3.8) is 0 Å². The lowest BCUT2D eigenvalue weighted by atomic mass is 10.2. The van der Waals surface area contributed by atoms with Crippen LogP contribution in [0.3, 0.4) is 0 Å². The van der Waals surface area contributed by atoms with Crippen LogP contribution in [0.4, 0.5) is 4.39 Å². The number of hydrogen-bond acceptors (Lipinski definition) is 3. The van der Waals surface area contributed by atoms with E-state index in [0.717, 1.165) is 5.56 Å². The molecule has 0 unspecified atom stereocenters. The quantitative estimate of drug-likeness (QED) is 0.408. The summed E-state index contributed by atoms with van der Waals surface area (Å²) >= 11 is 0. The normalized spacial score (nSPS) is 12.5. The van der Waals surface area contributed by atoms with E-state index in [-0.39, 0.29) is 42.1 Å². The van der Waals surface area contributed by atoms with Crippen molar-refractivity contribution in [2.75, 3.05) is 26.4 Å². The van der Waals surface area contributed by atoms with Crippen molar-refractivity contribution in [3.05, 3.63) is 35.6 Å². The van der Waals surface area contributed by atoms with Crippen molar-refractivity contribution < 1.29 is 12.8 Å². The summed E-state index contributed by atoms with van der Waals surface area (Å²) in [5.41, 5.74) is 0.817. The first kappa shape index (κ1) is 23.1. The van der Waals surface area contributed by atoms with Gasteiger partial charge in [-0.2, -0.15) is 0 Å². The van der Waals surface area contributed by atoms with Crippen LogP contribution in [0.2, 0.25) is 0 Å². The predicted octanol–water partition coefficient (Wildman–Crippen LogP) is 2.66. The van der Waals surface area contributed by atoms with Crippen molar-refractivity contribution in [1.82, 2.24) is 10.2 Å². The number of guanidine groups is 1. The molecule has 24 heavy (non-hydrogen) atoms. The summed E-state index contributed by atoms with van der Waals surface area (Å²) in [6.07, 6.45) is 0. The summed E-state index contributed by atoms with van der Waals surface area (Å²) in [5.74, 6) is 0.317. The summed E-state index contributed by atoms with van der Waals surface area (Å²) in [6.45, 7) is 5.82. The van der Waals surface area contributed by atoms with E-state index in [9.17, 15) is 12.8 Å². The molecule has 5 nitrogen and oxygen atoms in total. The highest BCUT2D eigenvalue weighted by Gasteiger charge is 2.28. The number of benzene rings is 1. The van der Waals surface area contributed by atoms with E-state index < -0.39 is 14.6 Å². The fourth-order valence-corrected chi connectivity index (χ4v) is 2.96. The highest BCUT2D eigenvalue weighted by atomic mass is 127. The summed E-state index contributed by atoms with van der Waals surface area (Å²) in [5, 5.41) is 3.04. The number of aliphatic imine (C=N–C) groups is 1. The Hall–Kier alpha value is -0.900. The molecule has 1 N–H and O–H groups in total. The molecule has 0 fully saturated rings. The lowest BCUT2D eigenvalue weighted by Crippen LogP contribution is -2.42. The molecule has 0 spiro atoms. The average molecular weight is 471 g/mol. The van der Waals surface area contributed by atoms with Gasteiger partial charge in [-0.3, -0.25) is 4.99 Å². The Balaban J connectivity index is 0.00000529. The monoisotopic (exact) mass is 471 g/mol. The molecule has 1 rings (SSSR count). The maximum absolute atomic E-state index is 13.2. The molecule has 1 aromatic carbocycles. The molecule has 0 heterocycles. The third-order valence-electron chi connectivity index (χ3n) is 3.47. The molecular weight excluding hydrogens is 444 g/mol. The predicted molar refractivity (Wildman–Crippen MR) is 108 cm³/mol. The summed E-state index contributed by atoms with van der Waals surface area (Å²) in [4.78, 5) is 5.95. The number of nitrogens with zero attached hydrogens (tertiary/aromatic N) is 2. The van der Waals surface area contributed by atoms with Crippen LogP contribution in [0.1, 0.15) is 26.3 Å². The van der Waals surface area contributed by atoms with Crippen LogP contribution < -0.4 is 5.32 Å². The highest BCUT2D eigenvalue weighted by molar-refractivity contribution is 14.0. The Morgan fingerprint density at radius 2 is 1.96 bits per heavy atom. The van der Waals surface area contributed by atoms with E-state index in [4.69, 9.17) is 0 Å². The van der Waals surface area contributed by atoms with Crippen LogP contribution in [0.15, 0.2) is 29.3 Å². The SMILES string of the molecule is CN=C(NCCS(=O)(=O)C(C)(C)C)N(C)Cc1cccc(F)c1.I. The van der Waals surface area contributed by atoms with Crippen LogP contribution >= 0.6 is 24.0 Å². The number of sulfone groups is 1. The number of hydrogen-bond donors (Lipinski definition) is 1. The number of nitrogens with one attached hydrogen (secondary N) is 1. The molecule has 8 heteroatoms. The van der Waals surface area contributed by atoms with Crippen molar-refractivity contribution in [2.24, 2.45) is 4.99 Å². The maximum atomic E-state index is 13.2. The van der Waals surface area contributed by atoms with Gasteiger partial charge in [-0.25, -0.2) is 12.8 Å². The van der Waals surface area contributed by atoms with Gasteiger partial charge in [0.05, 0.1) is 10.5 Å². The van der Waals surface area contributed by atoms with Gasteiger partial charge in [0.2, 0.25) is 0 Å². The average Bonchev–Trinajstić information content (AvgIpc) is 2.42. The first-order valence-electron chi connectivity index (χ1n) is 7.45. The summed E-state index contributed by atoms with van der Waals surface area (Å²) < 4.78 is 36.6. The highest BCUT2D eigenvalue weighted by Crippen LogP contribution is 2.15. The molecule has 0 atom stereocenters. The molecule has 138 valence electrons. The maximum Gasteiger partial charge on any atom is 0.193 e. The van der Waals surface area contributed by atoms with Crippen LogP contribution in [0.5, 0.6) is 0 Å². The van der Waals surface area contributed by atoms with Gasteiger partial charge in [0.1, 0.15) is 5.82 Å². The second-order valence-corrected chi connectivity index (χ2v) is 9.25. The Labute approximate surface area is 161 Å². The third-order valence-corrected chi connectivity index (χ3v) is 6.08. The Kier molecular flexibility index (Phi) is 9.19. The van der Waals surface area contributed by atoms with Crippen molar-refractivity contribution in [3.8, 4) is 0 Å². The van der Waals surface area contributed by atoms with E-state index in [1.807, 2.05) is 18.0 Å². The largest absolute Gasteiger partial charge is 0.355 e. The lowest BCUT2D eigenvalue weighted by molar-refractivity contribution is 0.476. The minimum Gasteiger partial charge on any atom is -0.355 e. The van der Waals surface area contributed by atoms with Gasteiger partial charge < -0.3 is 10.2 Å². The molecule has 0 aromatic heterocycles. The Morgan fingerprint density at radius 1 is 1.33 bits per heavy atom. The Bertz CT molecular complexity index is 658. The third kappa shape index (κ3) is 6.92. The summed E-state index contributed by atoms with van der Waals surface area (Å²) in [7, 11) is 0.268. The van der Waals surface area contributed by atoms with Gasteiger partial charge in [0.25, 0.3) is 0 Å². The van der Waals surface area contributed by atoms with Crippen molar-refractivity contribution >= 4 is 39.8 Å². The minimum atomic E-state index is -3.18. The molecule has 0 saturated heterocycles. The molecular formula is C16H27FIN3O2S. The zero-order chi connectivity index (χ0) is 17.7. The molecule has 0 aliphatic rings.